The summed E-state index contributed by atoms with van der Waals surface area (Å²) in [4.78, 5) is 31.5. The third-order valence-electron chi connectivity index (χ3n) is 5.30. The number of ether oxygens (including phenoxy) is 2. The highest BCUT2D eigenvalue weighted by Gasteiger charge is 2.30. The number of benzene rings is 2. The van der Waals surface area contributed by atoms with Crippen molar-refractivity contribution in [3.8, 4) is 5.75 Å². The van der Waals surface area contributed by atoms with Crippen molar-refractivity contribution >= 4 is 29.5 Å². The van der Waals surface area contributed by atoms with Gasteiger partial charge in [0.15, 0.2) is 4.80 Å². The smallest absolute Gasteiger partial charge is 0.338 e. The second-order valence-corrected chi connectivity index (χ2v) is 8.63. The molecule has 0 N–H and O–H groups in total. The predicted molar refractivity (Wildman–Crippen MR) is 134 cm³/mol. The number of aromatic nitrogens is 1. The Morgan fingerprint density at radius 3 is 2.59 bits per heavy atom. The number of fused-ring (bicyclic) bond motifs is 1. The molecule has 0 saturated heterocycles. The SMILES string of the molecule is CCOC(=O)C1=C(C)N=c2s/c(=C\c3cccc(OCC)c3)c(=O)n2C1/C=C/c1ccccc1. The lowest BCUT2D eigenvalue weighted by Crippen LogP contribution is -2.38. The highest BCUT2D eigenvalue weighted by molar-refractivity contribution is 7.07. The largest absolute Gasteiger partial charge is 0.494 e. The van der Waals surface area contributed by atoms with Crippen molar-refractivity contribution in [2.24, 2.45) is 4.99 Å². The van der Waals surface area contributed by atoms with E-state index in [0.717, 1.165) is 16.9 Å². The number of thiazole rings is 1. The Balaban J connectivity index is 1.84. The van der Waals surface area contributed by atoms with E-state index in [1.807, 2.05) is 79.7 Å². The van der Waals surface area contributed by atoms with Crippen molar-refractivity contribution in [2.45, 2.75) is 26.8 Å². The average molecular weight is 475 g/mol. The summed E-state index contributed by atoms with van der Waals surface area (Å²) in [5.41, 5.74) is 2.53. The van der Waals surface area contributed by atoms with Crippen molar-refractivity contribution in [2.75, 3.05) is 13.2 Å². The van der Waals surface area contributed by atoms with Crippen LogP contribution in [0, 0.1) is 0 Å². The monoisotopic (exact) mass is 474 g/mol. The van der Waals surface area contributed by atoms with Crippen LogP contribution in [0.1, 0.15) is 37.9 Å². The number of esters is 1. The summed E-state index contributed by atoms with van der Waals surface area (Å²) in [7, 11) is 0. The van der Waals surface area contributed by atoms with Crippen LogP contribution in [-0.2, 0) is 9.53 Å². The molecule has 7 heteroatoms. The number of carbonyl (C=O) groups excluding carboxylic acids is 1. The molecule has 1 unspecified atom stereocenters. The van der Waals surface area contributed by atoms with E-state index in [-0.39, 0.29) is 12.2 Å². The molecule has 0 saturated carbocycles. The van der Waals surface area contributed by atoms with Gasteiger partial charge in [-0.25, -0.2) is 9.79 Å². The van der Waals surface area contributed by atoms with Gasteiger partial charge in [-0.1, -0.05) is 66.0 Å². The molecule has 4 rings (SSSR count). The second kappa shape index (κ2) is 10.5. The number of allylic oxidation sites excluding steroid dienone is 2. The molecule has 1 atom stereocenters. The van der Waals surface area contributed by atoms with E-state index < -0.39 is 12.0 Å². The van der Waals surface area contributed by atoms with Gasteiger partial charge in [-0.15, -0.1) is 0 Å². The van der Waals surface area contributed by atoms with Crippen LogP contribution in [0.25, 0.3) is 12.2 Å². The molecular weight excluding hydrogens is 448 g/mol. The zero-order valence-electron chi connectivity index (χ0n) is 19.4. The zero-order chi connectivity index (χ0) is 24.1. The molecule has 3 aromatic rings. The minimum Gasteiger partial charge on any atom is -0.494 e. The van der Waals surface area contributed by atoms with Crippen LogP contribution in [0.15, 0.2) is 81.7 Å². The zero-order valence-corrected chi connectivity index (χ0v) is 20.2. The standard InChI is InChI=1S/C27H26N2O4S/c1-4-32-21-13-9-12-20(16-21)17-23-25(30)29-22(15-14-19-10-7-6-8-11-19)24(26(31)33-5-2)18(3)28-27(29)34-23/h6-17,22H,4-5H2,1-3H3/b15-14+,23-17-. The minimum atomic E-state index is -0.618. The van der Waals surface area contributed by atoms with Gasteiger partial charge in [0.1, 0.15) is 5.75 Å². The van der Waals surface area contributed by atoms with Gasteiger partial charge in [0.05, 0.1) is 35.1 Å². The maximum absolute atomic E-state index is 13.5. The Kier molecular flexibility index (Phi) is 7.23. The summed E-state index contributed by atoms with van der Waals surface area (Å²) < 4.78 is 13.0. The van der Waals surface area contributed by atoms with Crippen molar-refractivity contribution in [1.82, 2.24) is 4.57 Å². The molecule has 174 valence electrons. The van der Waals surface area contributed by atoms with Crippen LogP contribution in [-0.4, -0.2) is 23.8 Å². The molecule has 1 aliphatic heterocycles. The minimum absolute atomic E-state index is 0.206. The van der Waals surface area contributed by atoms with Crippen molar-refractivity contribution in [3.05, 3.63) is 103 Å². The van der Waals surface area contributed by atoms with Crippen LogP contribution in [0.4, 0.5) is 0 Å². The van der Waals surface area contributed by atoms with Crippen LogP contribution < -0.4 is 19.6 Å². The first kappa shape index (κ1) is 23.4. The van der Waals surface area contributed by atoms with Crippen molar-refractivity contribution < 1.29 is 14.3 Å². The topological polar surface area (TPSA) is 69.9 Å². The summed E-state index contributed by atoms with van der Waals surface area (Å²) in [6, 6.07) is 16.7. The Morgan fingerprint density at radius 1 is 1.09 bits per heavy atom. The first-order valence-corrected chi connectivity index (χ1v) is 12.0. The maximum Gasteiger partial charge on any atom is 0.338 e. The Labute approximate surface area is 201 Å². The number of rotatable bonds is 7. The molecule has 0 bridgehead atoms. The summed E-state index contributed by atoms with van der Waals surface area (Å²) in [6.45, 7) is 6.27. The van der Waals surface area contributed by atoms with Gasteiger partial charge in [-0.3, -0.25) is 9.36 Å². The van der Waals surface area contributed by atoms with E-state index in [0.29, 0.717) is 27.2 Å². The Hall–Kier alpha value is -3.71. The average Bonchev–Trinajstić information content (AvgIpc) is 3.13. The lowest BCUT2D eigenvalue weighted by atomic mass is 10.0. The van der Waals surface area contributed by atoms with Gasteiger partial charge in [0.2, 0.25) is 0 Å². The van der Waals surface area contributed by atoms with Gasteiger partial charge < -0.3 is 9.47 Å². The van der Waals surface area contributed by atoms with Crippen LogP contribution >= 0.6 is 11.3 Å². The van der Waals surface area contributed by atoms with Crippen LogP contribution in [0.3, 0.4) is 0 Å². The van der Waals surface area contributed by atoms with Crippen LogP contribution in [0.5, 0.6) is 5.75 Å². The molecule has 0 amide bonds. The molecule has 34 heavy (non-hydrogen) atoms. The predicted octanol–water partition coefficient (Wildman–Crippen LogP) is 3.86. The number of hydrogen-bond acceptors (Lipinski definition) is 6. The van der Waals surface area contributed by atoms with Gasteiger partial charge in [0, 0.05) is 0 Å². The quantitative estimate of drug-likeness (QED) is 0.488. The number of carbonyl (C=O) groups is 1. The van der Waals surface area contributed by atoms with E-state index in [9.17, 15) is 9.59 Å². The Morgan fingerprint density at radius 2 is 1.85 bits per heavy atom. The fourth-order valence-electron chi connectivity index (χ4n) is 3.79. The fraction of sp³-hybridized carbons (Fsp3) is 0.222. The van der Waals surface area contributed by atoms with E-state index in [1.165, 1.54) is 11.3 Å². The fourth-order valence-corrected chi connectivity index (χ4v) is 4.85. The highest BCUT2D eigenvalue weighted by Crippen LogP contribution is 2.26. The van der Waals surface area contributed by atoms with E-state index in [1.54, 1.807) is 18.4 Å². The van der Waals surface area contributed by atoms with Crippen molar-refractivity contribution in [1.29, 1.82) is 0 Å². The molecule has 2 aromatic carbocycles. The van der Waals surface area contributed by atoms with Gasteiger partial charge >= 0.3 is 5.97 Å². The molecule has 0 spiro atoms. The molecule has 6 nitrogen and oxygen atoms in total. The molecule has 0 radical (unpaired) electrons. The first-order chi connectivity index (χ1) is 16.5. The normalized spacial score (nSPS) is 15.9. The summed E-state index contributed by atoms with van der Waals surface area (Å²) in [5, 5.41) is 0. The Bertz CT molecular complexity index is 1430. The molecule has 0 fully saturated rings. The van der Waals surface area contributed by atoms with E-state index >= 15 is 0 Å². The second-order valence-electron chi connectivity index (χ2n) is 7.62. The van der Waals surface area contributed by atoms with Crippen molar-refractivity contribution in [3.63, 3.8) is 0 Å². The third kappa shape index (κ3) is 4.94. The van der Waals surface area contributed by atoms with Gasteiger partial charge in [-0.2, -0.15) is 0 Å². The lowest BCUT2D eigenvalue weighted by molar-refractivity contribution is -0.139. The summed E-state index contributed by atoms with van der Waals surface area (Å²) >= 11 is 1.30. The maximum atomic E-state index is 13.5. The molecule has 2 heterocycles. The van der Waals surface area contributed by atoms with E-state index in [4.69, 9.17) is 9.47 Å². The van der Waals surface area contributed by atoms with Gasteiger partial charge in [0.25, 0.3) is 5.56 Å². The van der Waals surface area contributed by atoms with Crippen LogP contribution in [0.2, 0.25) is 0 Å². The van der Waals surface area contributed by atoms with E-state index in [2.05, 4.69) is 4.99 Å². The molecule has 1 aromatic heterocycles. The third-order valence-corrected chi connectivity index (χ3v) is 6.28. The number of hydrogen-bond donors (Lipinski definition) is 0. The molecular formula is C27H26N2O4S. The number of nitrogens with zero attached hydrogens (tertiary/aromatic N) is 2. The van der Waals surface area contributed by atoms with Gasteiger partial charge in [-0.05, 0) is 50.1 Å². The first-order valence-electron chi connectivity index (χ1n) is 11.2. The molecule has 1 aliphatic rings. The summed E-state index contributed by atoms with van der Waals surface area (Å²) in [5.74, 6) is 0.276. The lowest BCUT2D eigenvalue weighted by Gasteiger charge is -2.21. The highest BCUT2D eigenvalue weighted by atomic mass is 32.1. The molecule has 0 aliphatic carbocycles. The summed E-state index contributed by atoms with van der Waals surface area (Å²) in [6.07, 6.45) is 5.59.